The Morgan fingerprint density at radius 3 is 2.57 bits per heavy atom. The van der Waals surface area contributed by atoms with Gasteiger partial charge < -0.3 is 15.4 Å². The number of hydrogen-bond acceptors (Lipinski definition) is 4. The molecule has 1 aliphatic rings. The third kappa shape index (κ3) is 4.83. The number of para-hydroxylation sites is 1. The maximum absolute atomic E-state index is 13.2. The lowest BCUT2D eigenvalue weighted by Gasteiger charge is -2.28. The van der Waals surface area contributed by atoms with Crippen molar-refractivity contribution in [2.75, 3.05) is 13.7 Å². The first-order chi connectivity index (χ1) is 14.1. The summed E-state index contributed by atoms with van der Waals surface area (Å²) < 4.78 is 7.02. The van der Waals surface area contributed by atoms with Gasteiger partial charge in [-0.2, -0.15) is 5.10 Å². The van der Waals surface area contributed by atoms with E-state index in [1.54, 1.807) is 11.8 Å². The van der Waals surface area contributed by atoms with Crippen LogP contribution in [0.25, 0.3) is 16.9 Å². The molecule has 0 saturated carbocycles. The predicted molar refractivity (Wildman–Crippen MR) is 121 cm³/mol. The number of ether oxygens (including phenoxy) is 1. The molecule has 1 fully saturated rings. The fourth-order valence-corrected chi connectivity index (χ4v) is 3.74. The standard InChI is InChI=1S/C23H26N4O2.ClH/c1-16-14-18(12-13-24-16)25-23(28)21-15-27(19-6-4-3-5-7-19)26-22(21)17-8-10-20(29-2)11-9-17;/h3-11,15-16,18,24H,12-14H2,1-2H3,(H,25,28);1H. The molecule has 0 radical (unpaired) electrons. The van der Waals surface area contributed by atoms with Crippen LogP contribution in [-0.4, -0.2) is 41.4 Å². The van der Waals surface area contributed by atoms with E-state index in [1.165, 1.54) is 0 Å². The Kier molecular flexibility index (Phi) is 7.13. The van der Waals surface area contributed by atoms with Crippen molar-refractivity contribution in [1.82, 2.24) is 20.4 Å². The van der Waals surface area contributed by atoms with Crippen molar-refractivity contribution in [3.05, 3.63) is 66.4 Å². The molecule has 4 rings (SSSR count). The highest BCUT2D eigenvalue weighted by atomic mass is 35.5. The van der Waals surface area contributed by atoms with Gasteiger partial charge in [0.2, 0.25) is 0 Å². The van der Waals surface area contributed by atoms with Gasteiger partial charge in [-0.05, 0) is 62.7 Å². The molecule has 2 atom stereocenters. The van der Waals surface area contributed by atoms with Gasteiger partial charge in [-0.25, -0.2) is 4.68 Å². The maximum atomic E-state index is 13.2. The number of nitrogens with one attached hydrogen (secondary N) is 2. The molecule has 0 bridgehead atoms. The molecule has 1 amide bonds. The number of carbonyl (C=O) groups excluding carboxylic acids is 1. The summed E-state index contributed by atoms with van der Waals surface area (Å²) in [6.45, 7) is 3.06. The molecule has 6 nitrogen and oxygen atoms in total. The Morgan fingerprint density at radius 2 is 1.90 bits per heavy atom. The van der Waals surface area contributed by atoms with Gasteiger partial charge in [0, 0.05) is 23.8 Å². The lowest BCUT2D eigenvalue weighted by atomic mass is 10.00. The van der Waals surface area contributed by atoms with Crippen molar-refractivity contribution in [1.29, 1.82) is 0 Å². The number of rotatable bonds is 5. The van der Waals surface area contributed by atoms with Gasteiger partial charge in [-0.1, -0.05) is 18.2 Å². The van der Waals surface area contributed by atoms with Gasteiger partial charge in [-0.3, -0.25) is 4.79 Å². The SMILES string of the molecule is COc1ccc(-c2nn(-c3ccccc3)cc2C(=O)NC2CCNC(C)C2)cc1.Cl. The molecule has 2 aromatic carbocycles. The van der Waals surface area contributed by atoms with E-state index < -0.39 is 0 Å². The third-order valence-electron chi connectivity index (χ3n) is 5.30. The highest BCUT2D eigenvalue weighted by Gasteiger charge is 2.24. The quantitative estimate of drug-likeness (QED) is 0.650. The van der Waals surface area contributed by atoms with E-state index in [9.17, 15) is 4.79 Å². The summed E-state index contributed by atoms with van der Waals surface area (Å²) in [6, 6.07) is 18.0. The zero-order chi connectivity index (χ0) is 20.2. The number of aromatic nitrogens is 2. The molecule has 1 saturated heterocycles. The molecular formula is C23H27ClN4O2. The van der Waals surface area contributed by atoms with Gasteiger partial charge in [0.15, 0.2) is 0 Å². The zero-order valence-corrected chi connectivity index (χ0v) is 18.0. The van der Waals surface area contributed by atoms with Crippen molar-refractivity contribution in [2.24, 2.45) is 0 Å². The largest absolute Gasteiger partial charge is 0.497 e. The van der Waals surface area contributed by atoms with Crippen molar-refractivity contribution in [3.63, 3.8) is 0 Å². The van der Waals surface area contributed by atoms with Gasteiger partial charge in [0.1, 0.15) is 11.4 Å². The van der Waals surface area contributed by atoms with Crippen LogP contribution in [0.4, 0.5) is 0 Å². The summed E-state index contributed by atoms with van der Waals surface area (Å²) in [5.41, 5.74) is 3.03. The third-order valence-corrected chi connectivity index (χ3v) is 5.30. The minimum Gasteiger partial charge on any atom is -0.497 e. The van der Waals surface area contributed by atoms with Gasteiger partial charge in [0.25, 0.3) is 5.91 Å². The fourth-order valence-electron chi connectivity index (χ4n) is 3.74. The highest BCUT2D eigenvalue weighted by Crippen LogP contribution is 2.26. The zero-order valence-electron chi connectivity index (χ0n) is 17.2. The molecule has 0 aliphatic carbocycles. The first kappa shape index (κ1) is 21.9. The molecular weight excluding hydrogens is 400 g/mol. The topological polar surface area (TPSA) is 68.2 Å². The smallest absolute Gasteiger partial charge is 0.255 e. The summed E-state index contributed by atoms with van der Waals surface area (Å²) in [4.78, 5) is 13.2. The molecule has 1 aromatic heterocycles. The van der Waals surface area contributed by atoms with Gasteiger partial charge >= 0.3 is 0 Å². The Hall–Kier alpha value is -2.83. The molecule has 30 heavy (non-hydrogen) atoms. The van der Waals surface area contributed by atoms with Crippen molar-refractivity contribution < 1.29 is 9.53 Å². The van der Waals surface area contributed by atoms with E-state index in [0.29, 0.717) is 17.3 Å². The summed E-state index contributed by atoms with van der Waals surface area (Å²) in [7, 11) is 1.64. The average Bonchev–Trinajstić information content (AvgIpc) is 3.20. The first-order valence-electron chi connectivity index (χ1n) is 9.98. The van der Waals surface area contributed by atoms with Gasteiger partial charge in [-0.15, -0.1) is 12.4 Å². The number of benzene rings is 2. The van der Waals surface area contributed by atoms with E-state index in [1.807, 2.05) is 60.8 Å². The van der Waals surface area contributed by atoms with Crippen LogP contribution in [0.2, 0.25) is 0 Å². The second kappa shape index (κ2) is 9.78. The molecule has 7 heteroatoms. The van der Waals surface area contributed by atoms with E-state index in [4.69, 9.17) is 9.84 Å². The second-order valence-corrected chi connectivity index (χ2v) is 7.45. The van der Waals surface area contributed by atoms with Crippen LogP contribution in [0.5, 0.6) is 5.75 Å². The number of methoxy groups -OCH3 is 1. The van der Waals surface area contributed by atoms with Crippen molar-refractivity contribution in [3.8, 4) is 22.7 Å². The average molecular weight is 427 g/mol. The van der Waals surface area contributed by atoms with Crippen LogP contribution in [0, 0.1) is 0 Å². The minimum atomic E-state index is -0.0860. The van der Waals surface area contributed by atoms with E-state index in [0.717, 1.165) is 36.4 Å². The van der Waals surface area contributed by atoms with Crippen LogP contribution in [0.3, 0.4) is 0 Å². The van der Waals surface area contributed by atoms with E-state index in [-0.39, 0.29) is 24.4 Å². The van der Waals surface area contributed by atoms with Crippen LogP contribution in [-0.2, 0) is 0 Å². The monoisotopic (exact) mass is 426 g/mol. The Morgan fingerprint density at radius 1 is 1.17 bits per heavy atom. The maximum Gasteiger partial charge on any atom is 0.255 e. The number of amides is 1. The molecule has 1 aliphatic heterocycles. The molecule has 158 valence electrons. The summed E-state index contributed by atoms with van der Waals surface area (Å²) in [5.74, 6) is 0.683. The second-order valence-electron chi connectivity index (χ2n) is 7.45. The molecule has 2 heterocycles. The molecule has 3 aromatic rings. The summed E-state index contributed by atoms with van der Waals surface area (Å²) in [6.07, 6.45) is 3.67. The minimum absolute atomic E-state index is 0. The molecule has 2 N–H and O–H groups in total. The first-order valence-corrected chi connectivity index (χ1v) is 9.98. The number of nitrogens with zero attached hydrogens (tertiary/aromatic N) is 2. The normalized spacial score (nSPS) is 18.3. The summed E-state index contributed by atoms with van der Waals surface area (Å²) in [5, 5.41) is 11.4. The summed E-state index contributed by atoms with van der Waals surface area (Å²) >= 11 is 0. The number of piperidine rings is 1. The number of hydrogen-bond donors (Lipinski definition) is 2. The van der Waals surface area contributed by atoms with Crippen molar-refractivity contribution in [2.45, 2.75) is 31.8 Å². The van der Waals surface area contributed by atoms with E-state index in [2.05, 4.69) is 17.6 Å². The number of carbonyl (C=O) groups is 1. The lowest BCUT2D eigenvalue weighted by Crippen LogP contribution is -2.46. The van der Waals surface area contributed by atoms with Gasteiger partial charge in [0.05, 0.1) is 18.4 Å². The van der Waals surface area contributed by atoms with E-state index >= 15 is 0 Å². The van der Waals surface area contributed by atoms with Crippen LogP contribution in [0.15, 0.2) is 60.8 Å². The fraction of sp³-hybridized carbons (Fsp3) is 0.304. The Labute approximate surface area is 183 Å². The van der Waals surface area contributed by atoms with Crippen LogP contribution < -0.4 is 15.4 Å². The molecule has 2 unspecified atom stereocenters. The Balaban J connectivity index is 0.00000256. The highest BCUT2D eigenvalue weighted by molar-refractivity contribution is 6.00. The van der Waals surface area contributed by atoms with Crippen LogP contribution in [0.1, 0.15) is 30.1 Å². The predicted octanol–water partition coefficient (Wildman–Crippen LogP) is 3.84. The lowest BCUT2D eigenvalue weighted by molar-refractivity contribution is 0.0926. The molecule has 0 spiro atoms. The number of halogens is 1. The Bertz CT molecular complexity index is 973. The van der Waals surface area contributed by atoms with Crippen molar-refractivity contribution >= 4 is 18.3 Å². The van der Waals surface area contributed by atoms with Crippen LogP contribution >= 0.6 is 12.4 Å².